The zero-order valence-electron chi connectivity index (χ0n) is 10.1. The zero-order chi connectivity index (χ0) is 14.9. The van der Waals surface area contributed by atoms with Crippen molar-refractivity contribution in [3.63, 3.8) is 0 Å². The summed E-state index contributed by atoms with van der Waals surface area (Å²) >= 11 is 5.38. The van der Waals surface area contributed by atoms with E-state index in [2.05, 4.69) is 5.32 Å². The Labute approximate surface area is 117 Å². The highest BCUT2D eigenvalue weighted by molar-refractivity contribution is 6.30. The van der Waals surface area contributed by atoms with Gasteiger partial charge in [0.05, 0.1) is 17.2 Å². The quantitative estimate of drug-likeness (QED) is 0.832. The van der Waals surface area contributed by atoms with E-state index in [4.69, 9.17) is 21.4 Å². The molecule has 108 valence electrons. The lowest BCUT2D eigenvalue weighted by Gasteiger charge is -2.23. The second-order valence-electron chi connectivity index (χ2n) is 4.39. The number of carbonyl (C=O) groups excluding carboxylic acids is 1. The molecule has 0 spiro atoms. The van der Waals surface area contributed by atoms with E-state index >= 15 is 0 Å². The van der Waals surface area contributed by atoms with E-state index in [9.17, 15) is 18.4 Å². The van der Waals surface area contributed by atoms with Gasteiger partial charge in [-0.25, -0.2) is 13.6 Å². The van der Waals surface area contributed by atoms with Crippen LogP contribution in [0.1, 0.15) is 16.8 Å². The van der Waals surface area contributed by atoms with Crippen molar-refractivity contribution in [3.05, 3.63) is 34.4 Å². The minimum absolute atomic E-state index is 0.0474. The Morgan fingerprint density at radius 1 is 1.35 bits per heavy atom. The van der Waals surface area contributed by atoms with Crippen molar-refractivity contribution < 1.29 is 28.2 Å². The summed E-state index contributed by atoms with van der Waals surface area (Å²) in [5, 5.41) is 10.9. The van der Waals surface area contributed by atoms with Gasteiger partial charge in [-0.2, -0.15) is 0 Å². The van der Waals surface area contributed by atoms with E-state index < -0.39 is 39.6 Å². The average Bonchev–Trinajstić information content (AvgIpc) is 2.83. The lowest BCUT2D eigenvalue weighted by Crippen LogP contribution is -2.55. The Balaban J connectivity index is 2.28. The summed E-state index contributed by atoms with van der Waals surface area (Å²) in [7, 11) is 0. The van der Waals surface area contributed by atoms with Crippen LogP contribution in [0.2, 0.25) is 5.02 Å². The normalized spacial score (nSPS) is 21.8. The van der Waals surface area contributed by atoms with Crippen molar-refractivity contribution in [2.45, 2.75) is 12.0 Å². The Kier molecular flexibility index (Phi) is 3.92. The highest BCUT2D eigenvalue weighted by Gasteiger charge is 2.44. The number of ether oxygens (including phenoxy) is 1. The van der Waals surface area contributed by atoms with Crippen LogP contribution >= 0.6 is 11.6 Å². The van der Waals surface area contributed by atoms with Crippen molar-refractivity contribution in [3.8, 4) is 0 Å². The molecule has 1 saturated heterocycles. The number of hydrogen-bond donors (Lipinski definition) is 2. The minimum atomic E-state index is -1.63. The summed E-state index contributed by atoms with van der Waals surface area (Å²) in [6.07, 6.45) is 0.0474. The van der Waals surface area contributed by atoms with E-state index in [1.807, 2.05) is 0 Å². The van der Waals surface area contributed by atoms with Gasteiger partial charge in [-0.15, -0.1) is 0 Å². The molecule has 1 aliphatic heterocycles. The molecule has 2 rings (SSSR count). The number of amides is 1. The van der Waals surface area contributed by atoms with Crippen molar-refractivity contribution in [2.24, 2.45) is 0 Å². The van der Waals surface area contributed by atoms with Crippen molar-refractivity contribution in [1.29, 1.82) is 0 Å². The molecule has 1 atom stereocenters. The lowest BCUT2D eigenvalue weighted by molar-refractivity contribution is -0.144. The molecule has 0 saturated carbocycles. The van der Waals surface area contributed by atoms with Gasteiger partial charge >= 0.3 is 5.97 Å². The minimum Gasteiger partial charge on any atom is -0.479 e. The van der Waals surface area contributed by atoms with Crippen LogP contribution in [0, 0.1) is 11.6 Å². The van der Waals surface area contributed by atoms with Gasteiger partial charge in [0.25, 0.3) is 5.91 Å². The second-order valence-corrected chi connectivity index (χ2v) is 4.80. The fourth-order valence-electron chi connectivity index (χ4n) is 1.87. The van der Waals surface area contributed by atoms with E-state index in [0.717, 1.165) is 0 Å². The molecule has 1 aliphatic rings. The summed E-state index contributed by atoms with van der Waals surface area (Å²) in [4.78, 5) is 23.1. The van der Waals surface area contributed by atoms with Crippen molar-refractivity contribution >= 4 is 23.5 Å². The summed E-state index contributed by atoms with van der Waals surface area (Å²) in [6, 6.07) is 1.28. The number of carboxylic acid groups (broad SMARTS) is 1. The highest BCUT2D eigenvalue weighted by atomic mass is 35.5. The molecule has 1 aromatic carbocycles. The Hall–Kier alpha value is -1.73. The second kappa shape index (κ2) is 5.34. The SMILES string of the molecule is O=C(NC1(C(=O)O)CCOC1)c1cc(F)c(Cl)cc1F. The van der Waals surface area contributed by atoms with Gasteiger partial charge in [0.1, 0.15) is 11.6 Å². The molecular weight excluding hydrogens is 296 g/mol. The van der Waals surface area contributed by atoms with Crippen LogP contribution < -0.4 is 5.32 Å². The zero-order valence-corrected chi connectivity index (χ0v) is 10.8. The lowest BCUT2D eigenvalue weighted by atomic mass is 9.98. The third-order valence-electron chi connectivity index (χ3n) is 3.04. The van der Waals surface area contributed by atoms with Gasteiger partial charge in [-0.1, -0.05) is 11.6 Å². The molecule has 0 aliphatic carbocycles. The number of hydrogen-bond acceptors (Lipinski definition) is 3. The average molecular weight is 306 g/mol. The van der Waals surface area contributed by atoms with Crippen LogP contribution in [0.3, 0.4) is 0 Å². The molecule has 1 aromatic rings. The van der Waals surface area contributed by atoms with E-state index in [0.29, 0.717) is 12.1 Å². The van der Waals surface area contributed by atoms with Gasteiger partial charge < -0.3 is 15.2 Å². The Bertz CT molecular complexity index is 573. The number of rotatable bonds is 3. The van der Waals surface area contributed by atoms with Gasteiger partial charge in [0, 0.05) is 13.0 Å². The maximum atomic E-state index is 13.6. The molecule has 0 radical (unpaired) electrons. The Morgan fingerprint density at radius 3 is 2.60 bits per heavy atom. The van der Waals surface area contributed by atoms with Crippen molar-refractivity contribution in [1.82, 2.24) is 5.32 Å². The van der Waals surface area contributed by atoms with Crippen molar-refractivity contribution in [2.75, 3.05) is 13.2 Å². The van der Waals surface area contributed by atoms with Gasteiger partial charge in [0.2, 0.25) is 0 Å². The van der Waals surface area contributed by atoms with Gasteiger partial charge in [0.15, 0.2) is 5.54 Å². The fraction of sp³-hybridized carbons (Fsp3) is 0.333. The predicted octanol–water partition coefficient (Wildman–Crippen LogP) is 1.59. The largest absolute Gasteiger partial charge is 0.479 e. The fourth-order valence-corrected chi connectivity index (χ4v) is 2.02. The third-order valence-corrected chi connectivity index (χ3v) is 3.33. The standard InChI is InChI=1S/C12H10ClF2NO4/c13-7-4-8(14)6(3-9(7)15)10(17)16-12(11(18)19)1-2-20-5-12/h3-4H,1-2,5H2,(H,16,17)(H,18,19). The van der Waals surface area contributed by atoms with Crippen LogP contribution in [0.4, 0.5) is 8.78 Å². The molecule has 8 heteroatoms. The predicted molar refractivity (Wildman–Crippen MR) is 64.6 cm³/mol. The van der Waals surface area contributed by atoms with E-state index in [1.54, 1.807) is 0 Å². The molecule has 1 amide bonds. The molecule has 2 N–H and O–H groups in total. The number of carbonyl (C=O) groups is 2. The smallest absolute Gasteiger partial charge is 0.331 e. The summed E-state index contributed by atoms with van der Waals surface area (Å²) < 4.78 is 31.8. The van der Waals surface area contributed by atoms with E-state index in [-0.39, 0.29) is 19.6 Å². The first-order valence-electron chi connectivity index (χ1n) is 5.64. The van der Waals surface area contributed by atoms with Crippen LogP contribution in [0.15, 0.2) is 12.1 Å². The topological polar surface area (TPSA) is 75.6 Å². The van der Waals surface area contributed by atoms with Crippen LogP contribution in [-0.4, -0.2) is 35.7 Å². The Morgan fingerprint density at radius 2 is 2.05 bits per heavy atom. The highest BCUT2D eigenvalue weighted by Crippen LogP contribution is 2.22. The molecule has 1 fully saturated rings. The number of aliphatic carboxylic acids is 1. The summed E-state index contributed by atoms with van der Waals surface area (Å²) in [6.45, 7) is -0.0736. The van der Waals surface area contributed by atoms with Crippen LogP contribution in [-0.2, 0) is 9.53 Å². The molecule has 0 bridgehead atoms. The van der Waals surface area contributed by atoms with Gasteiger partial charge in [-0.05, 0) is 12.1 Å². The summed E-state index contributed by atoms with van der Waals surface area (Å²) in [5.41, 5.74) is -2.24. The number of halogens is 3. The third kappa shape index (κ3) is 2.59. The first-order valence-corrected chi connectivity index (χ1v) is 6.02. The molecule has 0 aromatic heterocycles. The summed E-state index contributed by atoms with van der Waals surface area (Å²) in [5.74, 6) is -4.33. The van der Waals surface area contributed by atoms with E-state index in [1.165, 1.54) is 0 Å². The molecule has 1 unspecified atom stereocenters. The molecule has 5 nitrogen and oxygen atoms in total. The van der Waals surface area contributed by atoms with Crippen LogP contribution in [0.25, 0.3) is 0 Å². The molecule has 1 heterocycles. The first kappa shape index (κ1) is 14.7. The number of carboxylic acids is 1. The van der Waals surface area contributed by atoms with Crippen LogP contribution in [0.5, 0.6) is 0 Å². The number of nitrogens with one attached hydrogen (secondary N) is 1. The maximum Gasteiger partial charge on any atom is 0.331 e. The number of benzene rings is 1. The van der Waals surface area contributed by atoms with Gasteiger partial charge in [-0.3, -0.25) is 4.79 Å². The molecule has 20 heavy (non-hydrogen) atoms. The molecular formula is C12H10ClF2NO4. The first-order chi connectivity index (χ1) is 9.35. The monoisotopic (exact) mass is 305 g/mol. The maximum absolute atomic E-state index is 13.6.